The van der Waals surface area contributed by atoms with Crippen molar-refractivity contribution in [2.24, 2.45) is 0 Å². The molecule has 10 N–H and O–H groups in total. The number of pyridine rings is 1. The van der Waals surface area contributed by atoms with Gasteiger partial charge in [-0.1, -0.05) is 0 Å². The van der Waals surface area contributed by atoms with Crippen molar-refractivity contribution in [3.8, 4) is 23.5 Å². The van der Waals surface area contributed by atoms with Crippen molar-refractivity contribution in [1.29, 1.82) is 0 Å². The van der Waals surface area contributed by atoms with Gasteiger partial charge in [0.2, 0.25) is 17.5 Å². The number of methoxy groups -OCH3 is 2. The molecule has 0 amide bonds. The number of aromatic carboxylic acids is 1. The summed E-state index contributed by atoms with van der Waals surface area (Å²) in [6, 6.07) is 3.76. The molecule has 2 aromatic heterocycles. The number of carbonyl (C=O) groups is 1. The van der Waals surface area contributed by atoms with E-state index in [4.69, 9.17) is 14.2 Å². The van der Waals surface area contributed by atoms with Crippen molar-refractivity contribution in [2.75, 3.05) is 14.2 Å². The Labute approximate surface area is 195 Å². The zero-order valence-corrected chi connectivity index (χ0v) is 17.7. The molecule has 2 aromatic rings. The van der Waals surface area contributed by atoms with Gasteiger partial charge in [0.1, 0.15) is 5.97 Å². The molecule has 0 radical (unpaired) electrons. The second-order valence-electron chi connectivity index (χ2n) is 3.67. The molecule has 0 aliphatic heterocycles. The van der Waals surface area contributed by atoms with E-state index in [1.165, 1.54) is 32.4 Å². The fourth-order valence-electron chi connectivity index (χ4n) is 1.48. The Bertz CT molecular complexity index is 667. The Morgan fingerprint density at radius 2 is 1.52 bits per heavy atom. The van der Waals surface area contributed by atoms with E-state index in [0.717, 1.165) is 6.20 Å². The van der Waals surface area contributed by atoms with Crippen molar-refractivity contribution in [2.45, 2.75) is 0 Å². The van der Waals surface area contributed by atoms with Gasteiger partial charge in [0.15, 0.2) is 6.20 Å². The van der Waals surface area contributed by atoms with E-state index in [2.05, 4.69) is 9.97 Å². The maximum absolute atomic E-state index is 11.4. The Morgan fingerprint density at radius 1 is 1.04 bits per heavy atom. The van der Waals surface area contributed by atoms with Crippen molar-refractivity contribution in [3.63, 3.8) is 0 Å². The first kappa shape index (κ1) is 36.3. The van der Waals surface area contributed by atoms with Gasteiger partial charge in [0.25, 0.3) is 5.69 Å². The number of nitrogens with zero attached hydrogens (tertiary/aromatic N) is 3. The van der Waals surface area contributed by atoms with Crippen LogP contribution < -0.4 is 75.4 Å². The van der Waals surface area contributed by atoms with E-state index in [1.807, 2.05) is 0 Å². The second kappa shape index (κ2) is 16.5. The summed E-state index contributed by atoms with van der Waals surface area (Å²) in [6.45, 7) is 0. The molecule has 0 bridgehead atoms. The standard InChI is InChI=1S/C12H11N3O6.K.5H2O/c1-19-8-6-9(20-2)14-12(13-8)21-7-4-3-5-15(18)10(7)11(16)17;;;;;;/h3-6H,1-2H3,(H,16,17);;5*1H2/q;+1;;;;;/p-1. The molecule has 27 heavy (non-hydrogen) atoms. The van der Waals surface area contributed by atoms with Crippen LogP contribution in [0.1, 0.15) is 10.5 Å². The SMILES string of the molecule is COc1cc(OC)nc(Oc2ccc[n+]([O-])c2C(=O)[O-])n1.O.O.O.O.O.[K+]. The van der Waals surface area contributed by atoms with Gasteiger partial charge in [-0.25, -0.2) is 0 Å². The number of rotatable bonds is 5. The van der Waals surface area contributed by atoms with E-state index < -0.39 is 11.7 Å². The smallest absolute Gasteiger partial charge is 0.618 e. The number of hydrogen-bond donors (Lipinski definition) is 0. The van der Waals surface area contributed by atoms with Gasteiger partial charge in [-0.15, -0.1) is 0 Å². The van der Waals surface area contributed by atoms with Crippen LogP contribution in [0.5, 0.6) is 23.5 Å². The molecule has 150 valence electrons. The Kier molecular flexibility index (Phi) is 22.2. The molecule has 0 atom stereocenters. The number of aromatic nitrogens is 3. The topological polar surface area (TPSA) is 278 Å². The molecule has 0 aromatic carbocycles. The summed E-state index contributed by atoms with van der Waals surface area (Å²) in [6.07, 6.45) is 1.00. The minimum absolute atomic E-state index is 0. The summed E-state index contributed by atoms with van der Waals surface area (Å²) in [5, 5.41) is 22.4. The monoisotopic (exact) mass is 421 g/mol. The quantitative estimate of drug-likeness (QED) is 0.253. The largest absolute Gasteiger partial charge is 1.00 e. The zero-order valence-electron chi connectivity index (χ0n) is 14.6. The molecule has 0 spiro atoms. The third-order valence-corrected chi connectivity index (χ3v) is 2.39. The molecule has 0 saturated carbocycles. The predicted octanol–water partition coefficient (Wildman–Crippen LogP) is -7.84. The van der Waals surface area contributed by atoms with Gasteiger partial charge in [0.05, 0.1) is 20.3 Å². The fourth-order valence-corrected chi connectivity index (χ4v) is 1.48. The van der Waals surface area contributed by atoms with Gasteiger partial charge in [-0.3, -0.25) is 0 Å². The van der Waals surface area contributed by atoms with Crippen molar-refractivity contribution in [1.82, 2.24) is 9.97 Å². The Hall–Kier alpha value is -1.66. The first-order chi connectivity index (χ1) is 10.0. The van der Waals surface area contributed by atoms with E-state index in [0.29, 0.717) is 0 Å². The van der Waals surface area contributed by atoms with Crippen LogP contribution in [0.15, 0.2) is 24.4 Å². The Morgan fingerprint density at radius 3 is 1.93 bits per heavy atom. The van der Waals surface area contributed by atoms with Crippen LogP contribution in [0, 0.1) is 5.21 Å². The number of carbonyl (C=O) groups excluding carboxylic acids is 1. The van der Waals surface area contributed by atoms with E-state index in [9.17, 15) is 15.1 Å². The molecular formula is C12H20KN3O11. The fraction of sp³-hybridized carbons (Fsp3) is 0.167. The van der Waals surface area contributed by atoms with Crippen LogP contribution in [0.3, 0.4) is 0 Å². The first-order valence-corrected chi connectivity index (χ1v) is 5.63. The van der Waals surface area contributed by atoms with Gasteiger partial charge >= 0.3 is 57.4 Å². The van der Waals surface area contributed by atoms with Gasteiger partial charge in [0, 0.05) is 6.07 Å². The van der Waals surface area contributed by atoms with Crippen molar-refractivity contribution in [3.05, 3.63) is 35.3 Å². The van der Waals surface area contributed by atoms with Crippen molar-refractivity contribution >= 4 is 5.97 Å². The van der Waals surface area contributed by atoms with E-state index in [1.54, 1.807) is 0 Å². The van der Waals surface area contributed by atoms with Crippen LogP contribution in [-0.4, -0.2) is 57.5 Å². The maximum atomic E-state index is 11.4. The number of carboxylic acid groups (broad SMARTS) is 1. The molecule has 0 unspecified atom stereocenters. The molecule has 0 aliphatic rings. The zero-order chi connectivity index (χ0) is 15.4. The van der Waals surface area contributed by atoms with Crippen molar-refractivity contribution < 1.29 is 108 Å². The molecule has 2 rings (SSSR count). The van der Waals surface area contributed by atoms with Crippen LogP contribution in [0.2, 0.25) is 0 Å². The normalized spacial score (nSPS) is 7.78. The molecule has 2 heterocycles. The molecule has 14 nitrogen and oxygen atoms in total. The number of carboxylic acids is 1. The maximum Gasteiger partial charge on any atom is 1.00 e. The molecule has 0 saturated heterocycles. The first-order valence-electron chi connectivity index (χ1n) is 5.63. The molecule has 0 fully saturated rings. The summed E-state index contributed by atoms with van der Waals surface area (Å²) in [4.78, 5) is 18.7. The number of ether oxygens (including phenoxy) is 3. The average molecular weight is 421 g/mol. The van der Waals surface area contributed by atoms with E-state index in [-0.39, 0.29) is 107 Å². The number of hydrogen-bond acceptors (Lipinski definition) is 8. The average Bonchev–Trinajstić information content (AvgIpc) is 2.46. The summed E-state index contributed by atoms with van der Waals surface area (Å²) in [7, 11) is 2.76. The predicted molar refractivity (Wildman–Crippen MR) is 83.0 cm³/mol. The molecular weight excluding hydrogens is 401 g/mol. The second-order valence-corrected chi connectivity index (χ2v) is 3.67. The minimum atomic E-state index is -1.68. The van der Waals surface area contributed by atoms with Gasteiger partial charge in [-0.05, 0) is 6.07 Å². The Balaban J connectivity index is -0.000000269. The van der Waals surface area contributed by atoms with Gasteiger partial charge < -0.3 is 56.7 Å². The summed E-state index contributed by atoms with van der Waals surface area (Å²) in [5.74, 6) is -1.64. The van der Waals surface area contributed by atoms with Gasteiger partial charge in [-0.2, -0.15) is 14.7 Å². The third-order valence-electron chi connectivity index (χ3n) is 2.39. The van der Waals surface area contributed by atoms with Crippen LogP contribution in [0.25, 0.3) is 0 Å². The molecule has 15 heteroatoms. The third kappa shape index (κ3) is 9.20. The minimum Gasteiger partial charge on any atom is -0.618 e. The summed E-state index contributed by atoms with van der Waals surface area (Å²) < 4.78 is 15.2. The van der Waals surface area contributed by atoms with Crippen LogP contribution in [0.4, 0.5) is 0 Å². The molecule has 0 aliphatic carbocycles. The van der Waals surface area contributed by atoms with Crippen LogP contribution >= 0.6 is 0 Å². The van der Waals surface area contributed by atoms with E-state index >= 15 is 0 Å². The van der Waals surface area contributed by atoms with Crippen LogP contribution in [-0.2, 0) is 0 Å². The summed E-state index contributed by atoms with van der Waals surface area (Å²) in [5.41, 5.74) is -0.692. The summed E-state index contributed by atoms with van der Waals surface area (Å²) >= 11 is 0.